The van der Waals surface area contributed by atoms with Crippen LogP contribution in [-0.2, 0) is 13.5 Å². The highest BCUT2D eigenvalue weighted by atomic mass is 16.2. The second-order valence-corrected chi connectivity index (χ2v) is 6.67. The van der Waals surface area contributed by atoms with Gasteiger partial charge in [0.15, 0.2) is 5.82 Å². The minimum Gasteiger partial charge on any atom is -0.343 e. The molecule has 1 aliphatic rings. The molecule has 0 spiro atoms. The van der Waals surface area contributed by atoms with Crippen LogP contribution >= 0.6 is 0 Å². The normalized spacial score (nSPS) is 17.4. The minimum atomic E-state index is 0.00858. The van der Waals surface area contributed by atoms with E-state index in [0.717, 1.165) is 49.6 Å². The van der Waals surface area contributed by atoms with E-state index < -0.39 is 0 Å². The number of carbonyl (C=O) groups excluding carboxylic acids is 1. The Bertz CT molecular complexity index is 887. The highest BCUT2D eigenvalue weighted by Crippen LogP contribution is 2.22. The first-order chi connectivity index (χ1) is 12.7. The minimum absolute atomic E-state index is 0.00858. The van der Waals surface area contributed by atoms with E-state index in [1.54, 1.807) is 35.7 Å². The van der Waals surface area contributed by atoms with Crippen molar-refractivity contribution >= 4 is 5.91 Å². The molecule has 8 nitrogen and oxygen atoms in total. The van der Waals surface area contributed by atoms with Crippen LogP contribution in [0.25, 0.3) is 11.5 Å². The lowest BCUT2D eigenvalue weighted by Crippen LogP contribution is -2.40. The summed E-state index contributed by atoms with van der Waals surface area (Å²) in [6, 6.07) is 3.74. The summed E-state index contributed by atoms with van der Waals surface area (Å²) in [4.78, 5) is 30.5. The zero-order valence-electron chi connectivity index (χ0n) is 14.7. The van der Waals surface area contributed by atoms with E-state index in [2.05, 4.69) is 25.0 Å². The van der Waals surface area contributed by atoms with Crippen molar-refractivity contribution in [2.45, 2.75) is 19.3 Å². The molecule has 3 aromatic heterocycles. The van der Waals surface area contributed by atoms with Crippen molar-refractivity contribution in [1.29, 1.82) is 0 Å². The SMILES string of the molecule is Cn1ccc(C(=O)N2CCC[C@@H](Cc3cc(-c4ncc[nH]4)ncn3)C2)n1. The first kappa shape index (κ1) is 16.4. The fourth-order valence-electron chi connectivity index (χ4n) is 3.45. The van der Waals surface area contributed by atoms with E-state index in [1.807, 2.05) is 18.0 Å². The molecule has 1 N–H and O–H groups in total. The molecule has 1 atom stereocenters. The van der Waals surface area contributed by atoms with Gasteiger partial charge in [0.1, 0.15) is 17.7 Å². The Kier molecular flexibility index (Phi) is 4.47. The zero-order valence-corrected chi connectivity index (χ0v) is 14.7. The lowest BCUT2D eigenvalue weighted by atomic mass is 9.93. The standard InChI is InChI=1S/C18H21N7O/c1-24-8-4-15(23-24)18(26)25-7-2-3-13(11-25)9-14-10-16(22-12-21-14)17-19-5-6-20-17/h4-6,8,10,12-13H,2-3,7,9,11H2,1H3,(H,19,20)/t13-/m0/s1. The molecule has 8 heteroatoms. The summed E-state index contributed by atoms with van der Waals surface area (Å²) in [5.41, 5.74) is 2.27. The Morgan fingerprint density at radius 3 is 3.04 bits per heavy atom. The van der Waals surface area contributed by atoms with E-state index in [9.17, 15) is 4.79 Å². The van der Waals surface area contributed by atoms with Crippen LogP contribution in [0, 0.1) is 5.92 Å². The Morgan fingerprint density at radius 1 is 1.35 bits per heavy atom. The number of aryl methyl sites for hydroxylation is 1. The number of hydrogen-bond donors (Lipinski definition) is 1. The average Bonchev–Trinajstić information content (AvgIpc) is 3.33. The average molecular weight is 351 g/mol. The van der Waals surface area contributed by atoms with Crippen LogP contribution in [0.5, 0.6) is 0 Å². The van der Waals surface area contributed by atoms with Gasteiger partial charge >= 0.3 is 0 Å². The van der Waals surface area contributed by atoms with Crippen molar-refractivity contribution in [3.8, 4) is 11.5 Å². The quantitative estimate of drug-likeness (QED) is 0.772. The molecule has 4 rings (SSSR count). The lowest BCUT2D eigenvalue weighted by Gasteiger charge is -2.32. The maximum atomic E-state index is 12.6. The highest BCUT2D eigenvalue weighted by Gasteiger charge is 2.26. The van der Waals surface area contributed by atoms with Crippen LogP contribution in [0.4, 0.5) is 0 Å². The molecule has 0 saturated carbocycles. The number of carbonyl (C=O) groups is 1. The predicted octanol–water partition coefficient (Wildman–Crippen LogP) is 1.70. The molecule has 134 valence electrons. The number of H-pyrrole nitrogens is 1. The number of hydrogen-bond acceptors (Lipinski definition) is 5. The monoisotopic (exact) mass is 351 g/mol. The van der Waals surface area contributed by atoms with Crippen molar-refractivity contribution in [2.24, 2.45) is 13.0 Å². The number of nitrogens with one attached hydrogen (secondary N) is 1. The van der Waals surface area contributed by atoms with Gasteiger partial charge in [0.25, 0.3) is 5.91 Å². The van der Waals surface area contributed by atoms with Crippen molar-refractivity contribution in [3.05, 3.63) is 48.4 Å². The van der Waals surface area contributed by atoms with Gasteiger partial charge in [-0.2, -0.15) is 5.10 Å². The number of aromatic amines is 1. The largest absolute Gasteiger partial charge is 0.343 e. The van der Waals surface area contributed by atoms with Crippen molar-refractivity contribution in [1.82, 2.24) is 34.6 Å². The summed E-state index contributed by atoms with van der Waals surface area (Å²) in [5, 5.41) is 4.23. The fourth-order valence-corrected chi connectivity index (χ4v) is 3.45. The number of piperidine rings is 1. The molecule has 1 fully saturated rings. The van der Waals surface area contributed by atoms with E-state index in [4.69, 9.17) is 0 Å². The van der Waals surface area contributed by atoms with Crippen LogP contribution in [0.15, 0.2) is 37.1 Å². The molecular weight excluding hydrogens is 330 g/mol. The van der Waals surface area contributed by atoms with Gasteiger partial charge in [-0.25, -0.2) is 15.0 Å². The van der Waals surface area contributed by atoms with Crippen LogP contribution in [0.3, 0.4) is 0 Å². The van der Waals surface area contributed by atoms with Gasteiger partial charge in [-0.3, -0.25) is 9.48 Å². The van der Waals surface area contributed by atoms with Crippen LogP contribution in [0.2, 0.25) is 0 Å². The number of amides is 1. The number of imidazole rings is 1. The number of aromatic nitrogens is 6. The van der Waals surface area contributed by atoms with Gasteiger partial charge in [0.05, 0.1) is 0 Å². The van der Waals surface area contributed by atoms with Gasteiger partial charge in [-0.05, 0) is 37.3 Å². The topological polar surface area (TPSA) is 92.6 Å². The number of rotatable bonds is 4. The maximum Gasteiger partial charge on any atom is 0.274 e. The second kappa shape index (κ2) is 7.07. The maximum absolute atomic E-state index is 12.6. The molecule has 3 aromatic rings. The third kappa shape index (κ3) is 3.49. The molecule has 0 aromatic carbocycles. The van der Waals surface area contributed by atoms with Gasteiger partial charge in [-0.15, -0.1) is 0 Å². The zero-order chi connectivity index (χ0) is 17.9. The van der Waals surface area contributed by atoms with Crippen molar-refractivity contribution < 1.29 is 4.79 Å². The summed E-state index contributed by atoms with van der Waals surface area (Å²) < 4.78 is 1.66. The molecule has 4 heterocycles. The van der Waals surface area contributed by atoms with Gasteiger partial charge in [0, 0.05) is 44.4 Å². The molecule has 0 radical (unpaired) electrons. The van der Waals surface area contributed by atoms with Crippen molar-refractivity contribution in [2.75, 3.05) is 13.1 Å². The summed E-state index contributed by atoms with van der Waals surface area (Å²) in [7, 11) is 1.82. The first-order valence-corrected chi connectivity index (χ1v) is 8.78. The molecule has 0 aliphatic carbocycles. The van der Waals surface area contributed by atoms with Crippen LogP contribution in [-0.4, -0.2) is 53.6 Å². The Hall–Kier alpha value is -3.03. The Morgan fingerprint density at radius 2 is 2.27 bits per heavy atom. The van der Waals surface area contributed by atoms with Gasteiger partial charge < -0.3 is 9.88 Å². The summed E-state index contributed by atoms with van der Waals surface area (Å²) in [6.07, 6.45) is 9.77. The van der Waals surface area contributed by atoms with Gasteiger partial charge in [0.2, 0.25) is 0 Å². The molecule has 0 bridgehead atoms. The predicted molar refractivity (Wildman–Crippen MR) is 95.2 cm³/mol. The Labute approximate surface area is 151 Å². The Balaban J connectivity index is 1.44. The van der Waals surface area contributed by atoms with E-state index in [0.29, 0.717) is 11.6 Å². The number of likely N-dealkylation sites (tertiary alicyclic amines) is 1. The first-order valence-electron chi connectivity index (χ1n) is 8.78. The molecule has 1 aliphatic heterocycles. The van der Waals surface area contributed by atoms with E-state index in [1.165, 1.54) is 0 Å². The van der Waals surface area contributed by atoms with Crippen molar-refractivity contribution in [3.63, 3.8) is 0 Å². The summed E-state index contributed by atoms with van der Waals surface area (Å²) >= 11 is 0. The highest BCUT2D eigenvalue weighted by molar-refractivity contribution is 5.92. The number of nitrogens with zero attached hydrogens (tertiary/aromatic N) is 6. The lowest BCUT2D eigenvalue weighted by molar-refractivity contribution is 0.0666. The summed E-state index contributed by atoms with van der Waals surface area (Å²) in [6.45, 7) is 1.52. The van der Waals surface area contributed by atoms with Crippen LogP contribution < -0.4 is 0 Å². The second-order valence-electron chi connectivity index (χ2n) is 6.67. The van der Waals surface area contributed by atoms with Crippen LogP contribution in [0.1, 0.15) is 29.0 Å². The van der Waals surface area contributed by atoms with Gasteiger partial charge in [-0.1, -0.05) is 0 Å². The van der Waals surface area contributed by atoms with E-state index in [-0.39, 0.29) is 5.91 Å². The third-order valence-electron chi connectivity index (χ3n) is 4.70. The molecule has 0 unspecified atom stereocenters. The third-order valence-corrected chi connectivity index (χ3v) is 4.70. The molecule has 1 amide bonds. The van der Waals surface area contributed by atoms with E-state index >= 15 is 0 Å². The summed E-state index contributed by atoms with van der Waals surface area (Å²) in [5.74, 6) is 1.13. The molecule has 26 heavy (non-hydrogen) atoms. The molecular formula is C18H21N7O. The molecule has 1 saturated heterocycles. The fraction of sp³-hybridized carbons (Fsp3) is 0.389. The smallest absolute Gasteiger partial charge is 0.274 e.